The number of rotatable bonds is 6. The molecule has 1 saturated carbocycles. The number of methoxy groups -OCH3 is 1. The SMILES string of the molecule is COc1ccc2c(c1)CCc1nc(NC(=O)Cc3ccc(O)cc3)c(CC3CCCC3)nc1-2. The Labute approximate surface area is 194 Å². The minimum atomic E-state index is -0.122. The molecule has 3 aromatic rings. The van der Waals surface area contributed by atoms with E-state index in [2.05, 4.69) is 17.4 Å². The molecule has 0 atom stereocenters. The highest BCUT2D eigenvalue weighted by atomic mass is 16.5. The van der Waals surface area contributed by atoms with Crippen molar-refractivity contribution in [2.75, 3.05) is 12.4 Å². The van der Waals surface area contributed by atoms with Gasteiger partial charge in [-0.1, -0.05) is 37.8 Å². The molecule has 0 spiro atoms. The van der Waals surface area contributed by atoms with Crippen LogP contribution in [0.25, 0.3) is 11.3 Å². The first-order valence-electron chi connectivity index (χ1n) is 11.7. The zero-order valence-electron chi connectivity index (χ0n) is 18.9. The lowest BCUT2D eigenvalue weighted by Gasteiger charge is -2.22. The van der Waals surface area contributed by atoms with Crippen LogP contribution in [-0.4, -0.2) is 28.1 Å². The number of aromatic hydroxyl groups is 1. The van der Waals surface area contributed by atoms with E-state index in [0.29, 0.717) is 11.7 Å². The van der Waals surface area contributed by atoms with Crippen LogP contribution in [0.1, 0.15) is 48.2 Å². The van der Waals surface area contributed by atoms with Gasteiger partial charge in [0.1, 0.15) is 11.5 Å². The van der Waals surface area contributed by atoms with E-state index in [9.17, 15) is 9.90 Å². The van der Waals surface area contributed by atoms with E-state index in [1.807, 2.05) is 6.07 Å². The molecule has 6 nitrogen and oxygen atoms in total. The Bertz CT molecular complexity index is 1170. The van der Waals surface area contributed by atoms with Gasteiger partial charge >= 0.3 is 0 Å². The third-order valence-electron chi connectivity index (χ3n) is 6.75. The molecule has 0 unspecified atom stereocenters. The van der Waals surface area contributed by atoms with E-state index >= 15 is 0 Å². The first kappa shape index (κ1) is 21.4. The number of nitrogens with one attached hydrogen (secondary N) is 1. The summed E-state index contributed by atoms with van der Waals surface area (Å²) in [5.74, 6) is 2.11. The van der Waals surface area contributed by atoms with Crippen molar-refractivity contribution in [2.45, 2.75) is 51.4 Å². The summed E-state index contributed by atoms with van der Waals surface area (Å²) in [4.78, 5) is 22.9. The fraction of sp³-hybridized carbons (Fsp3) is 0.370. The van der Waals surface area contributed by atoms with E-state index in [-0.39, 0.29) is 18.1 Å². The zero-order chi connectivity index (χ0) is 22.8. The number of aryl methyl sites for hydroxylation is 2. The summed E-state index contributed by atoms with van der Waals surface area (Å²) in [5, 5.41) is 12.5. The maximum Gasteiger partial charge on any atom is 0.229 e. The zero-order valence-corrected chi connectivity index (χ0v) is 18.9. The number of fused-ring (bicyclic) bond motifs is 3. The monoisotopic (exact) mass is 443 g/mol. The molecule has 170 valence electrons. The Morgan fingerprint density at radius 1 is 1.09 bits per heavy atom. The number of hydrogen-bond acceptors (Lipinski definition) is 5. The summed E-state index contributed by atoms with van der Waals surface area (Å²) in [6.07, 6.45) is 7.64. The fourth-order valence-electron chi connectivity index (χ4n) is 4.99. The minimum absolute atomic E-state index is 0.122. The summed E-state index contributed by atoms with van der Waals surface area (Å²) in [7, 11) is 1.69. The van der Waals surface area contributed by atoms with Crippen LogP contribution in [0.5, 0.6) is 11.5 Å². The summed E-state index contributed by atoms with van der Waals surface area (Å²) < 4.78 is 5.40. The average Bonchev–Trinajstić information content (AvgIpc) is 3.33. The van der Waals surface area contributed by atoms with E-state index in [1.165, 1.54) is 31.2 Å². The van der Waals surface area contributed by atoms with Crippen molar-refractivity contribution in [3.8, 4) is 22.8 Å². The molecule has 2 aromatic carbocycles. The highest BCUT2D eigenvalue weighted by Crippen LogP contribution is 2.36. The maximum atomic E-state index is 12.8. The molecular formula is C27H29N3O3. The third kappa shape index (κ3) is 4.70. The quantitative estimate of drug-likeness (QED) is 0.568. The molecule has 1 aromatic heterocycles. The second kappa shape index (κ2) is 9.22. The molecule has 2 aliphatic carbocycles. The molecule has 5 rings (SSSR count). The van der Waals surface area contributed by atoms with Crippen molar-refractivity contribution in [3.05, 3.63) is 65.0 Å². The lowest BCUT2D eigenvalue weighted by Crippen LogP contribution is -2.20. The van der Waals surface area contributed by atoms with Gasteiger partial charge in [-0.25, -0.2) is 9.97 Å². The van der Waals surface area contributed by atoms with Crippen molar-refractivity contribution in [1.29, 1.82) is 0 Å². The van der Waals surface area contributed by atoms with Gasteiger partial charge in [0, 0.05) is 5.56 Å². The number of carbonyl (C=O) groups excluding carboxylic acids is 1. The Kier molecular flexibility index (Phi) is 5.99. The van der Waals surface area contributed by atoms with Crippen molar-refractivity contribution in [1.82, 2.24) is 9.97 Å². The maximum absolute atomic E-state index is 12.8. The number of carbonyl (C=O) groups is 1. The highest BCUT2D eigenvalue weighted by Gasteiger charge is 2.25. The second-order valence-electron chi connectivity index (χ2n) is 9.08. The van der Waals surface area contributed by atoms with Crippen molar-refractivity contribution >= 4 is 11.7 Å². The van der Waals surface area contributed by atoms with Gasteiger partial charge in [0.25, 0.3) is 0 Å². The molecule has 0 aliphatic heterocycles. The molecule has 1 amide bonds. The topological polar surface area (TPSA) is 84.3 Å². The van der Waals surface area contributed by atoms with Gasteiger partial charge in [-0.15, -0.1) is 0 Å². The molecule has 0 radical (unpaired) electrons. The number of ether oxygens (including phenoxy) is 1. The molecule has 1 heterocycles. The van der Waals surface area contributed by atoms with Crippen LogP contribution in [0, 0.1) is 5.92 Å². The van der Waals surface area contributed by atoms with Crippen LogP contribution in [-0.2, 0) is 30.5 Å². The number of amides is 1. The van der Waals surface area contributed by atoms with Gasteiger partial charge in [-0.05, 0) is 66.6 Å². The second-order valence-corrected chi connectivity index (χ2v) is 9.08. The van der Waals surface area contributed by atoms with Crippen LogP contribution >= 0.6 is 0 Å². The molecule has 2 aliphatic rings. The summed E-state index contributed by atoms with van der Waals surface area (Å²) in [6, 6.07) is 12.8. The number of aromatic nitrogens is 2. The van der Waals surface area contributed by atoms with Crippen LogP contribution in [0.4, 0.5) is 5.82 Å². The van der Waals surface area contributed by atoms with E-state index < -0.39 is 0 Å². The number of phenols is 1. The lowest BCUT2D eigenvalue weighted by atomic mass is 9.91. The van der Waals surface area contributed by atoms with Gasteiger partial charge < -0.3 is 15.2 Å². The minimum Gasteiger partial charge on any atom is -0.508 e. The van der Waals surface area contributed by atoms with E-state index in [0.717, 1.165) is 53.2 Å². The summed E-state index contributed by atoms with van der Waals surface area (Å²) in [5.41, 5.74) is 5.93. The first-order valence-corrected chi connectivity index (χ1v) is 11.7. The number of hydrogen-bond donors (Lipinski definition) is 2. The van der Waals surface area contributed by atoms with Gasteiger partial charge in [0.05, 0.1) is 30.6 Å². The van der Waals surface area contributed by atoms with Crippen LogP contribution in [0.2, 0.25) is 0 Å². The Hall–Kier alpha value is -3.41. The van der Waals surface area contributed by atoms with Crippen molar-refractivity contribution < 1.29 is 14.6 Å². The Morgan fingerprint density at radius 2 is 1.88 bits per heavy atom. The van der Waals surface area contributed by atoms with Gasteiger partial charge in [0.15, 0.2) is 5.82 Å². The van der Waals surface area contributed by atoms with Crippen LogP contribution < -0.4 is 10.1 Å². The number of benzene rings is 2. The van der Waals surface area contributed by atoms with Gasteiger partial charge in [-0.3, -0.25) is 4.79 Å². The Balaban J connectivity index is 1.46. The van der Waals surface area contributed by atoms with Crippen LogP contribution in [0.3, 0.4) is 0 Å². The summed E-state index contributed by atoms with van der Waals surface area (Å²) >= 11 is 0. The first-order chi connectivity index (χ1) is 16.1. The number of phenolic OH excluding ortho intramolecular Hbond substituents is 1. The van der Waals surface area contributed by atoms with Crippen molar-refractivity contribution in [2.24, 2.45) is 5.92 Å². The highest BCUT2D eigenvalue weighted by molar-refractivity contribution is 5.92. The molecule has 2 N–H and O–H groups in total. The van der Waals surface area contributed by atoms with E-state index in [1.54, 1.807) is 31.4 Å². The molecule has 33 heavy (non-hydrogen) atoms. The third-order valence-corrected chi connectivity index (χ3v) is 6.75. The van der Waals surface area contributed by atoms with Gasteiger partial charge in [-0.2, -0.15) is 0 Å². The molecule has 0 saturated heterocycles. The fourth-order valence-corrected chi connectivity index (χ4v) is 4.99. The number of anilines is 1. The number of nitrogens with zero attached hydrogens (tertiary/aromatic N) is 2. The van der Waals surface area contributed by atoms with Crippen LogP contribution in [0.15, 0.2) is 42.5 Å². The predicted octanol–water partition coefficient (Wildman–Crippen LogP) is 4.87. The Morgan fingerprint density at radius 3 is 2.64 bits per heavy atom. The largest absolute Gasteiger partial charge is 0.508 e. The predicted molar refractivity (Wildman–Crippen MR) is 128 cm³/mol. The van der Waals surface area contributed by atoms with E-state index in [4.69, 9.17) is 14.7 Å². The average molecular weight is 444 g/mol. The summed E-state index contributed by atoms with van der Waals surface area (Å²) in [6.45, 7) is 0. The smallest absolute Gasteiger partial charge is 0.229 e. The lowest BCUT2D eigenvalue weighted by molar-refractivity contribution is -0.115. The molecule has 0 bridgehead atoms. The van der Waals surface area contributed by atoms with Gasteiger partial charge in [0.2, 0.25) is 5.91 Å². The molecule has 1 fully saturated rings. The normalized spacial score (nSPS) is 15.1. The van der Waals surface area contributed by atoms with Crippen molar-refractivity contribution in [3.63, 3.8) is 0 Å². The molecule has 6 heteroatoms. The molecular weight excluding hydrogens is 414 g/mol. The standard InChI is InChI=1S/C27H29N3O3/c1-33-21-11-12-22-19(16-21)8-13-23-26(22)28-24(14-17-4-2-3-5-17)27(29-23)30-25(32)15-18-6-9-20(31)10-7-18/h6-7,9-12,16-17,31H,2-5,8,13-15H2,1H3,(H,29,30,32).